The van der Waals surface area contributed by atoms with Crippen LogP contribution in [0.2, 0.25) is 0 Å². The second kappa shape index (κ2) is 5.67. The first-order valence-electron chi connectivity index (χ1n) is 6.24. The van der Waals surface area contributed by atoms with Crippen molar-refractivity contribution < 1.29 is 4.79 Å². The Bertz CT molecular complexity index is 382. The molecular formula is C14H18BrNO. The molecule has 0 atom stereocenters. The van der Waals surface area contributed by atoms with Gasteiger partial charge >= 0.3 is 0 Å². The maximum Gasteiger partial charge on any atom is 0.224 e. The van der Waals surface area contributed by atoms with Crippen molar-refractivity contribution in [3.05, 3.63) is 28.7 Å². The standard InChI is InChI=1S/C14H18BrNO/c1-11(17)16(13-5-3-2-4-6-13)14-9-7-12(15)8-10-14/h7-10,13H,2-6H2,1H3. The summed E-state index contributed by atoms with van der Waals surface area (Å²) in [5, 5.41) is 0. The van der Waals surface area contributed by atoms with E-state index in [9.17, 15) is 4.79 Å². The predicted molar refractivity (Wildman–Crippen MR) is 74.2 cm³/mol. The number of anilines is 1. The van der Waals surface area contributed by atoms with Gasteiger partial charge in [-0.3, -0.25) is 4.79 Å². The summed E-state index contributed by atoms with van der Waals surface area (Å²) in [5.41, 5.74) is 1.02. The summed E-state index contributed by atoms with van der Waals surface area (Å²) in [5.74, 6) is 0.152. The highest BCUT2D eigenvalue weighted by Gasteiger charge is 2.24. The quantitative estimate of drug-likeness (QED) is 0.803. The topological polar surface area (TPSA) is 20.3 Å². The number of hydrogen-bond acceptors (Lipinski definition) is 1. The Kier molecular flexibility index (Phi) is 4.21. The van der Waals surface area contributed by atoms with Gasteiger partial charge in [0.25, 0.3) is 0 Å². The molecule has 0 unspecified atom stereocenters. The lowest BCUT2D eigenvalue weighted by atomic mass is 9.93. The molecular weight excluding hydrogens is 278 g/mol. The number of rotatable bonds is 2. The van der Waals surface area contributed by atoms with Crippen molar-refractivity contribution in [2.75, 3.05) is 4.90 Å². The lowest BCUT2D eigenvalue weighted by Gasteiger charge is -2.33. The molecule has 17 heavy (non-hydrogen) atoms. The van der Waals surface area contributed by atoms with Gasteiger partial charge in [-0.2, -0.15) is 0 Å². The molecule has 2 rings (SSSR count). The van der Waals surface area contributed by atoms with E-state index >= 15 is 0 Å². The molecule has 0 bridgehead atoms. The van der Waals surface area contributed by atoms with Gasteiger partial charge in [-0.1, -0.05) is 35.2 Å². The molecule has 1 amide bonds. The fourth-order valence-corrected chi connectivity index (χ4v) is 2.85. The van der Waals surface area contributed by atoms with E-state index in [1.54, 1.807) is 6.92 Å². The highest BCUT2D eigenvalue weighted by molar-refractivity contribution is 9.10. The lowest BCUT2D eigenvalue weighted by Crippen LogP contribution is -2.40. The SMILES string of the molecule is CC(=O)N(c1ccc(Br)cc1)C1CCCCC1. The van der Waals surface area contributed by atoms with Crippen molar-refractivity contribution in [3.8, 4) is 0 Å². The number of nitrogens with zero attached hydrogens (tertiary/aromatic N) is 1. The zero-order valence-corrected chi connectivity index (χ0v) is 11.7. The van der Waals surface area contributed by atoms with Crippen LogP contribution >= 0.6 is 15.9 Å². The molecule has 0 spiro atoms. The zero-order valence-electron chi connectivity index (χ0n) is 10.2. The Hall–Kier alpha value is -0.830. The van der Waals surface area contributed by atoms with Crippen LogP contribution in [0.4, 0.5) is 5.69 Å². The molecule has 92 valence electrons. The van der Waals surface area contributed by atoms with Gasteiger partial charge in [-0.05, 0) is 37.1 Å². The highest BCUT2D eigenvalue weighted by atomic mass is 79.9. The maximum atomic E-state index is 11.8. The van der Waals surface area contributed by atoms with E-state index in [0.29, 0.717) is 6.04 Å². The van der Waals surface area contributed by atoms with Crippen molar-refractivity contribution in [2.45, 2.75) is 45.1 Å². The molecule has 0 heterocycles. The summed E-state index contributed by atoms with van der Waals surface area (Å²) < 4.78 is 1.05. The first-order chi connectivity index (χ1) is 8.18. The van der Waals surface area contributed by atoms with Gasteiger partial charge < -0.3 is 4.90 Å². The maximum absolute atomic E-state index is 11.8. The van der Waals surface area contributed by atoms with Crippen LogP contribution in [-0.2, 0) is 4.79 Å². The molecule has 0 aromatic heterocycles. The molecule has 0 saturated heterocycles. The number of carbonyl (C=O) groups is 1. The Morgan fingerprint density at radius 1 is 1.18 bits per heavy atom. The van der Waals surface area contributed by atoms with Gasteiger partial charge in [0, 0.05) is 23.1 Å². The van der Waals surface area contributed by atoms with Crippen molar-refractivity contribution in [2.24, 2.45) is 0 Å². The third kappa shape index (κ3) is 3.09. The first-order valence-corrected chi connectivity index (χ1v) is 7.03. The van der Waals surface area contributed by atoms with Crippen LogP contribution in [0.15, 0.2) is 28.7 Å². The van der Waals surface area contributed by atoms with Crippen molar-refractivity contribution in [1.82, 2.24) is 0 Å². The molecule has 0 radical (unpaired) electrons. The highest BCUT2D eigenvalue weighted by Crippen LogP contribution is 2.28. The average Bonchev–Trinajstić information content (AvgIpc) is 2.33. The molecule has 2 nitrogen and oxygen atoms in total. The molecule has 3 heteroatoms. The minimum Gasteiger partial charge on any atom is -0.310 e. The summed E-state index contributed by atoms with van der Waals surface area (Å²) in [4.78, 5) is 13.8. The van der Waals surface area contributed by atoms with Crippen LogP contribution in [0.3, 0.4) is 0 Å². The van der Waals surface area contributed by atoms with Crippen LogP contribution in [0.25, 0.3) is 0 Å². The van der Waals surface area contributed by atoms with Gasteiger partial charge in [0.2, 0.25) is 5.91 Å². The summed E-state index contributed by atoms with van der Waals surface area (Å²) in [6.45, 7) is 1.66. The van der Waals surface area contributed by atoms with E-state index < -0.39 is 0 Å². The summed E-state index contributed by atoms with van der Waals surface area (Å²) in [7, 11) is 0. The molecule has 1 fully saturated rings. The fraction of sp³-hybridized carbons (Fsp3) is 0.500. The number of hydrogen-bond donors (Lipinski definition) is 0. The van der Waals surface area contributed by atoms with Gasteiger partial charge in [0.1, 0.15) is 0 Å². The van der Waals surface area contributed by atoms with E-state index in [2.05, 4.69) is 15.9 Å². The minimum atomic E-state index is 0.152. The van der Waals surface area contributed by atoms with E-state index in [1.165, 1.54) is 19.3 Å². The predicted octanol–water partition coefficient (Wildman–Crippen LogP) is 4.13. The largest absolute Gasteiger partial charge is 0.310 e. The summed E-state index contributed by atoms with van der Waals surface area (Å²) in [6, 6.07) is 8.41. The Balaban J connectivity index is 2.21. The van der Waals surface area contributed by atoms with Crippen LogP contribution in [0.1, 0.15) is 39.0 Å². The van der Waals surface area contributed by atoms with Gasteiger partial charge in [-0.25, -0.2) is 0 Å². The van der Waals surface area contributed by atoms with Crippen molar-refractivity contribution >= 4 is 27.5 Å². The fourth-order valence-electron chi connectivity index (χ4n) is 2.59. The molecule has 1 aromatic carbocycles. The van der Waals surface area contributed by atoms with Crippen LogP contribution in [-0.4, -0.2) is 11.9 Å². The first kappa shape index (κ1) is 12.6. The number of benzene rings is 1. The van der Waals surface area contributed by atoms with Gasteiger partial charge in [-0.15, -0.1) is 0 Å². The summed E-state index contributed by atoms with van der Waals surface area (Å²) >= 11 is 3.42. The lowest BCUT2D eigenvalue weighted by molar-refractivity contribution is -0.117. The molecule has 0 N–H and O–H groups in total. The number of halogens is 1. The smallest absolute Gasteiger partial charge is 0.224 e. The van der Waals surface area contributed by atoms with E-state index in [0.717, 1.165) is 23.0 Å². The third-order valence-corrected chi connectivity index (χ3v) is 3.91. The Morgan fingerprint density at radius 2 is 1.76 bits per heavy atom. The number of amides is 1. The summed E-state index contributed by atoms with van der Waals surface area (Å²) in [6.07, 6.45) is 6.06. The molecule has 1 aliphatic carbocycles. The van der Waals surface area contributed by atoms with Crippen LogP contribution in [0.5, 0.6) is 0 Å². The Morgan fingerprint density at radius 3 is 2.29 bits per heavy atom. The van der Waals surface area contributed by atoms with Crippen molar-refractivity contribution in [1.29, 1.82) is 0 Å². The number of carbonyl (C=O) groups excluding carboxylic acids is 1. The molecule has 0 aliphatic heterocycles. The average molecular weight is 296 g/mol. The zero-order chi connectivity index (χ0) is 12.3. The van der Waals surface area contributed by atoms with E-state index in [4.69, 9.17) is 0 Å². The second-order valence-electron chi connectivity index (χ2n) is 4.66. The Labute approximate surface area is 111 Å². The van der Waals surface area contributed by atoms with Crippen LogP contribution < -0.4 is 4.90 Å². The van der Waals surface area contributed by atoms with Gasteiger partial charge in [0.15, 0.2) is 0 Å². The van der Waals surface area contributed by atoms with E-state index in [-0.39, 0.29) is 5.91 Å². The minimum absolute atomic E-state index is 0.152. The second-order valence-corrected chi connectivity index (χ2v) is 5.57. The van der Waals surface area contributed by atoms with Crippen LogP contribution in [0, 0.1) is 0 Å². The normalized spacial score (nSPS) is 16.8. The van der Waals surface area contributed by atoms with Gasteiger partial charge in [0.05, 0.1) is 0 Å². The van der Waals surface area contributed by atoms with Crippen molar-refractivity contribution in [3.63, 3.8) is 0 Å². The molecule has 1 aliphatic rings. The van der Waals surface area contributed by atoms with E-state index in [1.807, 2.05) is 29.2 Å². The third-order valence-electron chi connectivity index (χ3n) is 3.38. The molecule has 1 saturated carbocycles. The monoisotopic (exact) mass is 295 g/mol. The molecule has 1 aromatic rings.